The van der Waals surface area contributed by atoms with Gasteiger partial charge in [0.2, 0.25) is 0 Å². The fraction of sp³-hybridized carbons (Fsp3) is 0.429. The van der Waals surface area contributed by atoms with Crippen LogP contribution in [0.4, 0.5) is 0 Å². The zero-order chi connectivity index (χ0) is 11.2. The lowest BCUT2D eigenvalue weighted by atomic mass is 9.92. The number of ether oxygens (including phenoxy) is 2. The Morgan fingerprint density at radius 2 is 2.12 bits per heavy atom. The van der Waals surface area contributed by atoms with Gasteiger partial charge in [-0.05, 0) is 50.5 Å². The molecule has 0 N–H and O–H groups in total. The van der Waals surface area contributed by atoms with E-state index in [4.69, 9.17) is 9.47 Å². The van der Waals surface area contributed by atoms with Gasteiger partial charge >= 0.3 is 0 Å². The summed E-state index contributed by atoms with van der Waals surface area (Å²) in [5, 5.41) is 0. The van der Waals surface area contributed by atoms with Gasteiger partial charge in [0.1, 0.15) is 23.7 Å². The van der Waals surface area contributed by atoms with Gasteiger partial charge in [-0.3, -0.25) is 0 Å². The van der Waals surface area contributed by atoms with Crippen LogP contribution in [0.1, 0.15) is 31.4 Å². The van der Waals surface area contributed by atoms with Crippen molar-refractivity contribution >= 4 is 6.08 Å². The lowest BCUT2D eigenvalue weighted by Gasteiger charge is -2.34. The Morgan fingerprint density at radius 1 is 1.25 bits per heavy atom. The van der Waals surface area contributed by atoms with Crippen LogP contribution < -0.4 is 9.47 Å². The summed E-state index contributed by atoms with van der Waals surface area (Å²) in [6, 6.07) is 4.18. The first-order chi connectivity index (χ1) is 7.66. The molecule has 2 aliphatic heterocycles. The van der Waals surface area contributed by atoms with Crippen molar-refractivity contribution in [3.63, 3.8) is 0 Å². The van der Waals surface area contributed by atoms with Gasteiger partial charge in [0, 0.05) is 0 Å². The third kappa shape index (κ3) is 1.49. The Kier molecular flexibility index (Phi) is 2.00. The fourth-order valence-corrected chi connectivity index (χ4v) is 2.29. The molecule has 0 amide bonds. The van der Waals surface area contributed by atoms with Crippen LogP contribution in [0.5, 0.6) is 11.5 Å². The minimum Gasteiger partial charge on any atom is -0.489 e. The minimum absolute atomic E-state index is 0.0621. The molecule has 2 aliphatic rings. The lowest BCUT2D eigenvalue weighted by molar-refractivity contribution is 0.0838. The van der Waals surface area contributed by atoms with Crippen LogP contribution >= 0.6 is 0 Å². The molecule has 16 heavy (non-hydrogen) atoms. The van der Waals surface area contributed by atoms with Crippen LogP contribution in [-0.4, -0.2) is 12.2 Å². The van der Waals surface area contributed by atoms with Crippen LogP contribution in [-0.2, 0) is 6.42 Å². The molecule has 0 saturated carbocycles. The van der Waals surface area contributed by atoms with Crippen molar-refractivity contribution in [1.29, 1.82) is 0 Å². The SMILES string of the molecule is CC1(C)CCc2ccc3c(c2O1)C=CCO3. The Balaban J connectivity index is 2.13. The summed E-state index contributed by atoms with van der Waals surface area (Å²) in [6.45, 7) is 4.95. The van der Waals surface area contributed by atoms with E-state index in [0.717, 1.165) is 29.9 Å². The zero-order valence-electron chi connectivity index (χ0n) is 9.75. The minimum atomic E-state index is -0.0621. The number of fused-ring (bicyclic) bond motifs is 3. The first kappa shape index (κ1) is 9.76. The molecule has 1 aromatic carbocycles. The summed E-state index contributed by atoms with van der Waals surface area (Å²) in [7, 11) is 0. The van der Waals surface area contributed by atoms with E-state index in [1.54, 1.807) is 0 Å². The maximum Gasteiger partial charge on any atom is 0.134 e. The van der Waals surface area contributed by atoms with E-state index in [0.29, 0.717) is 6.61 Å². The highest BCUT2D eigenvalue weighted by Crippen LogP contribution is 2.41. The number of aryl methyl sites for hydroxylation is 1. The van der Waals surface area contributed by atoms with E-state index >= 15 is 0 Å². The molecule has 84 valence electrons. The van der Waals surface area contributed by atoms with Crippen molar-refractivity contribution in [2.75, 3.05) is 6.61 Å². The highest BCUT2D eigenvalue weighted by molar-refractivity contribution is 5.68. The first-order valence-corrected chi connectivity index (χ1v) is 5.80. The lowest BCUT2D eigenvalue weighted by Crippen LogP contribution is -2.33. The first-order valence-electron chi connectivity index (χ1n) is 5.80. The predicted molar refractivity (Wildman–Crippen MR) is 64.0 cm³/mol. The van der Waals surface area contributed by atoms with E-state index in [2.05, 4.69) is 32.1 Å². The summed E-state index contributed by atoms with van der Waals surface area (Å²) in [5.41, 5.74) is 2.35. The molecular formula is C14H16O2. The number of hydrogen-bond donors (Lipinski definition) is 0. The van der Waals surface area contributed by atoms with Gasteiger partial charge in [0.25, 0.3) is 0 Å². The third-order valence-electron chi connectivity index (χ3n) is 3.23. The van der Waals surface area contributed by atoms with E-state index in [1.165, 1.54) is 5.56 Å². The molecule has 0 aromatic heterocycles. The molecule has 2 heteroatoms. The second-order valence-electron chi connectivity index (χ2n) is 5.04. The normalized spacial score (nSPS) is 20.4. The molecule has 2 heterocycles. The van der Waals surface area contributed by atoms with Crippen molar-refractivity contribution in [3.8, 4) is 11.5 Å². The van der Waals surface area contributed by atoms with Crippen molar-refractivity contribution in [2.45, 2.75) is 32.3 Å². The van der Waals surface area contributed by atoms with E-state index in [9.17, 15) is 0 Å². The zero-order valence-corrected chi connectivity index (χ0v) is 9.75. The quantitative estimate of drug-likeness (QED) is 0.663. The van der Waals surface area contributed by atoms with E-state index < -0.39 is 0 Å². The molecule has 0 bridgehead atoms. The number of benzene rings is 1. The summed E-state index contributed by atoms with van der Waals surface area (Å²) < 4.78 is 11.7. The second kappa shape index (κ2) is 3.27. The van der Waals surface area contributed by atoms with Crippen molar-refractivity contribution in [3.05, 3.63) is 29.3 Å². The van der Waals surface area contributed by atoms with Crippen LogP contribution in [0, 0.1) is 0 Å². The van der Waals surface area contributed by atoms with E-state index in [1.807, 2.05) is 6.08 Å². The van der Waals surface area contributed by atoms with Crippen LogP contribution in [0.25, 0.3) is 6.08 Å². The molecule has 0 spiro atoms. The maximum atomic E-state index is 6.09. The molecule has 2 nitrogen and oxygen atoms in total. The molecule has 0 fully saturated rings. The molecular weight excluding hydrogens is 200 g/mol. The second-order valence-corrected chi connectivity index (χ2v) is 5.04. The molecule has 1 aromatic rings. The van der Waals surface area contributed by atoms with Crippen molar-refractivity contribution < 1.29 is 9.47 Å². The summed E-state index contributed by atoms with van der Waals surface area (Å²) in [6.07, 6.45) is 6.31. The third-order valence-corrected chi connectivity index (χ3v) is 3.23. The molecule has 0 atom stereocenters. The number of rotatable bonds is 0. The van der Waals surface area contributed by atoms with Crippen molar-refractivity contribution in [1.82, 2.24) is 0 Å². The Labute approximate surface area is 95.9 Å². The summed E-state index contributed by atoms with van der Waals surface area (Å²) >= 11 is 0. The number of hydrogen-bond acceptors (Lipinski definition) is 2. The van der Waals surface area contributed by atoms with Gasteiger partial charge in [-0.1, -0.05) is 6.07 Å². The highest BCUT2D eigenvalue weighted by atomic mass is 16.5. The topological polar surface area (TPSA) is 18.5 Å². The Morgan fingerprint density at radius 3 is 3.00 bits per heavy atom. The van der Waals surface area contributed by atoms with Crippen molar-refractivity contribution in [2.24, 2.45) is 0 Å². The van der Waals surface area contributed by atoms with E-state index in [-0.39, 0.29) is 5.60 Å². The van der Waals surface area contributed by atoms with Crippen LogP contribution in [0.15, 0.2) is 18.2 Å². The maximum absolute atomic E-state index is 6.09. The van der Waals surface area contributed by atoms with Gasteiger partial charge in [0.05, 0.1) is 5.56 Å². The molecule has 0 saturated heterocycles. The molecule has 0 unspecified atom stereocenters. The largest absolute Gasteiger partial charge is 0.489 e. The van der Waals surface area contributed by atoms with Gasteiger partial charge in [-0.2, -0.15) is 0 Å². The monoisotopic (exact) mass is 216 g/mol. The smallest absolute Gasteiger partial charge is 0.134 e. The molecule has 0 aliphatic carbocycles. The van der Waals surface area contributed by atoms with Gasteiger partial charge in [-0.25, -0.2) is 0 Å². The molecule has 0 radical (unpaired) electrons. The fourth-order valence-electron chi connectivity index (χ4n) is 2.29. The van der Waals surface area contributed by atoms with Crippen LogP contribution in [0.3, 0.4) is 0 Å². The van der Waals surface area contributed by atoms with Gasteiger partial charge < -0.3 is 9.47 Å². The highest BCUT2D eigenvalue weighted by Gasteiger charge is 2.29. The standard InChI is InChI=1S/C14H16O2/c1-14(2)8-7-10-5-6-12-11(13(10)16-14)4-3-9-15-12/h3-6H,7-9H2,1-2H3. The average molecular weight is 216 g/mol. The van der Waals surface area contributed by atoms with Gasteiger partial charge in [-0.15, -0.1) is 0 Å². The summed E-state index contributed by atoms with van der Waals surface area (Å²) in [5.74, 6) is 1.96. The predicted octanol–water partition coefficient (Wildman–Crippen LogP) is 3.20. The summed E-state index contributed by atoms with van der Waals surface area (Å²) in [4.78, 5) is 0. The average Bonchev–Trinajstić information content (AvgIpc) is 2.28. The Hall–Kier alpha value is -1.44. The van der Waals surface area contributed by atoms with Gasteiger partial charge in [0.15, 0.2) is 0 Å². The van der Waals surface area contributed by atoms with Crippen LogP contribution in [0.2, 0.25) is 0 Å². The Bertz CT molecular complexity index is 458. The molecule has 3 rings (SSSR count).